The fourth-order valence-corrected chi connectivity index (χ4v) is 3.40. The fourth-order valence-electron chi connectivity index (χ4n) is 3.40. The Morgan fingerprint density at radius 2 is 1.80 bits per heavy atom. The van der Waals surface area contributed by atoms with Crippen LogP contribution in [-0.2, 0) is 16.1 Å². The number of aromatic nitrogens is 1. The maximum Gasteiger partial charge on any atom is 0.278 e. The lowest BCUT2D eigenvalue weighted by Gasteiger charge is -2.15. The zero-order valence-electron chi connectivity index (χ0n) is 16.8. The van der Waals surface area contributed by atoms with Gasteiger partial charge in [-0.25, -0.2) is 0 Å². The van der Waals surface area contributed by atoms with Crippen LogP contribution < -0.4 is 10.1 Å². The molecule has 6 heteroatoms. The predicted octanol–water partition coefficient (Wildman–Crippen LogP) is 3.79. The maximum absolute atomic E-state index is 13.3. The van der Waals surface area contributed by atoms with E-state index in [1.54, 1.807) is 49.8 Å². The summed E-state index contributed by atoms with van der Waals surface area (Å²) in [4.78, 5) is 31.9. The van der Waals surface area contributed by atoms with Crippen LogP contribution >= 0.6 is 0 Å². The molecule has 6 nitrogen and oxygen atoms in total. The monoisotopic (exact) mass is 399 g/mol. The number of ether oxygens (including phenoxy) is 1. The summed E-state index contributed by atoms with van der Waals surface area (Å²) < 4.78 is 5.21. The first kappa shape index (κ1) is 19.4. The number of carbonyl (C=O) groups excluding carboxylic acids is 2. The number of methoxy groups -OCH3 is 1. The van der Waals surface area contributed by atoms with E-state index in [4.69, 9.17) is 4.74 Å². The second kappa shape index (κ2) is 8.21. The van der Waals surface area contributed by atoms with Crippen LogP contribution in [0.5, 0.6) is 5.75 Å². The molecule has 2 heterocycles. The van der Waals surface area contributed by atoms with Crippen molar-refractivity contribution in [1.29, 1.82) is 0 Å². The molecule has 0 atom stereocenters. The van der Waals surface area contributed by atoms with Crippen LogP contribution in [-0.4, -0.2) is 28.8 Å². The highest BCUT2D eigenvalue weighted by Gasteiger charge is 2.39. The first-order valence-electron chi connectivity index (χ1n) is 9.54. The van der Waals surface area contributed by atoms with Gasteiger partial charge in [0.1, 0.15) is 11.4 Å². The van der Waals surface area contributed by atoms with Crippen molar-refractivity contribution < 1.29 is 14.3 Å². The first-order chi connectivity index (χ1) is 14.6. The average molecular weight is 399 g/mol. The minimum atomic E-state index is -0.365. The van der Waals surface area contributed by atoms with Crippen LogP contribution in [0.4, 0.5) is 5.69 Å². The van der Waals surface area contributed by atoms with E-state index in [0.717, 1.165) is 16.8 Å². The molecule has 1 N–H and O–H groups in total. The van der Waals surface area contributed by atoms with Crippen LogP contribution in [0, 0.1) is 6.92 Å². The molecule has 0 bridgehead atoms. The Morgan fingerprint density at radius 1 is 1.00 bits per heavy atom. The number of imide groups is 1. The lowest BCUT2D eigenvalue weighted by molar-refractivity contribution is -0.137. The molecule has 1 aliphatic heterocycles. The molecule has 0 aliphatic carbocycles. The van der Waals surface area contributed by atoms with Gasteiger partial charge in [0.2, 0.25) is 0 Å². The van der Waals surface area contributed by atoms with E-state index in [-0.39, 0.29) is 24.1 Å². The first-order valence-corrected chi connectivity index (χ1v) is 9.54. The number of hydrogen-bond donors (Lipinski definition) is 1. The fraction of sp³-hybridized carbons (Fsp3) is 0.125. The van der Waals surface area contributed by atoms with Crippen molar-refractivity contribution in [2.45, 2.75) is 13.5 Å². The minimum Gasteiger partial charge on any atom is -0.497 e. The van der Waals surface area contributed by atoms with Gasteiger partial charge in [-0.3, -0.25) is 19.5 Å². The van der Waals surface area contributed by atoms with E-state index in [2.05, 4.69) is 10.3 Å². The molecule has 2 amide bonds. The van der Waals surface area contributed by atoms with Crippen LogP contribution in [0.1, 0.15) is 16.7 Å². The molecule has 2 aromatic carbocycles. The number of carbonyl (C=O) groups is 2. The van der Waals surface area contributed by atoms with Crippen molar-refractivity contribution in [3.8, 4) is 5.75 Å². The summed E-state index contributed by atoms with van der Waals surface area (Å²) in [5, 5.41) is 3.18. The van der Waals surface area contributed by atoms with Crippen molar-refractivity contribution in [3.05, 3.63) is 95.4 Å². The van der Waals surface area contributed by atoms with Gasteiger partial charge >= 0.3 is 0 Å². The molecule has 150 valence electrons. The van der Waals surface area contributed by atoms with Crippen LogP contribution in [0.15, 0.2) is 78.8 Å². The van der Waals surface area contributed by atoms with Gasteiger partial charge in [0.25, 0.3) is 11.8 Å². The predicted molar refractivity (Wildman–Crippen MR) is 115 cm³/mol. The molecule has 0 spiro atoms. The minimum absolute atomic E-state index is 0.157. The lowest BCUT2D eigenvalue weighted by atomic mass is 10.0. The van der Waals surface area contributed by atoms with Gasteiger partial charge in [-0.05, 0) is 53.9 Å². The SMILES string of the molecule is COc1ccc(C2=C(Nc3cccc(C)c3)C(=O)N(Cc3cccnc3)C2=O)cc1. The molecule has 0 saturated carbocycles. The Bertz CT molecular complexity index is 1120. The summed E-state index contributed by atoms with van der Waals surface area (Å²) in [7, 11) is 1.58. The molecule has 4 rings (SSSR count). The van der Waals surface area contributed by atoms with Crippen LogP contribution in [0.3, 0.4) is 0 Å². The Balaban J connectivity index is 1.74. The molecular weight excluding hydrogens is 378 g/mol. The number of hydrogen-bond acceptors (Lipinski definition) is 5. The third-order valence-electron chi connectivity index (χ3n) is 4.90. The van der Waals surface area contributed by atoms with Gasteiger partial charge in [-0.2, -0.15) is 0 Å². The molecule has 3 aromatic rings. The number of nitrogens with zero attached hydrogens (tertiary/aromatic N) is 2. The van der Waals surface area contributed by atoms with E-state index in [1.165, 1.54) is 4.90 Å². The van der Waals surface area contributed by atoms with Crippen molar-refractivity contribution >= 4 is 23.1 Å². The summed E-state index contributed by atoms with van der Waals surface area (Å²) in [6.45, 7) is 2.13. The zero-order chi connectivity index (χ0) is 21.1. The highest BCUT2D eigenvalue weighted by Crippen LogP contribution is 2.32. The van der Waals surface area contributed by atoms with E-state index in [9.17, 15) is 9.59 Å². The number of aryl methyl sites for hydroxylation is 1. The zero-order valence-corrected chi connectivity index (χ0v) is 16.8. The van der Waals surface area contributed by atoms with E-state index < -0.39 is 0 Å². The van der Waals surface area contributed by atoms with Gasteiger partial charge in [-0.15, -0.1) is 0 Å². The van der Waals surface area contributed by atoms with Gasteiger partial charge in [-0.1, -0.05) is 30.3 Å². The highest BCUT2D eigenvalue weighted by molar-refractivity contribution is 6.36. The molecule has 0 unspecified atom stereocenters. The maximum atomic E-state index is 13.3. The number of amides is 2. The topological polar surface area (TPSA) is 71.5 Å². The van der Waals surface area contributed by atoms with E-state index in [1.807, 2.05) is 37.3 Å². The largest absolute Gasteiger partial charge is 0.497 e. The molecule has 1 aromatic heterocycles. The number of benzene rings is 2. The Kier molecular flexibility index (Phi) is 5.30. The Morgan fingerprint density at radius 3 is 2.47 bits per heavy atom. The average Bonchev–Trinajstić information content (AvgIpc) is 2.99. The molecular formula is C24H21N3O3. The van der Waals surface area contributed by atoms with Crippen molar-refractivity contribution in [1.82, 2.24) is 9.88 Å². The van der Waals surface area contributed by atoms with Gasteiger partial charge in [0.05, 0.1) is 19.2 Å². The van der Waals surface area contributed by atoms with E-state index >= 15 is 0 Å². The second-order valence-corrected chi connectivity index (χ2v) is 7.03. The van der Waals surface area contributed by atoms with Gasteiger partial charge < -0.3 is 10.1 Å². The van der Waals surface area contributed by atoms with Crippen molar-refractivity contribution in [2.24, 2.45) is 0 Å². The quantitative estimate of drug-likeness (QED) is 0.639. The summed E-state index contributed by atoms with van der Waals surface area (Å²) in [6, 6.07) is 18.4. The lowest BCUT2D eigenvalue weighted by Crippen LogP contribution is -2.32. The summed E-state index contributed by atoms with van der Waals surface area (Å²) >= 11 is 0. The van der Waals surface area contributed by atoms with Crippen LogP contribution in [0.25, 0.3) is 5.57 Å². The van der Waals surface area contributed by atoms with E-state index in [0.29, 0.717) is 16.9 Å². The highest BCUT2D eigenvalue weighted by atomic mass is 16.5. The van der Waals surface area contributed by atoms with Crippen molar-refractivity contribution in [2.75, 3.05) is 12.4 Å². The summed E-state index contributed by atoms with van der Waals surface area (Å²) in [5.41, 5.74) is 3.84. The Hall–Kier alpha value is -3.93. The molecule has 0 fully saturated rings. The normalized spacial score (nSPS) is 13.7. The third-order valence-corrected chi connectivity index (χ3v) is 4.90. The number of nitrogens with one attached hydrogen (secondary N) is 1. The third kappa shape index (κ3) is 3.80. The van der Waals surface area contributed by atoms with Crippen LogP contribution in [0.2, 0.25) is 0 Å². The standard InChI is InChI=1S/C24H21N3O3/c1-16-5-3-7-19(13-16)26-22-21(18-8-10-20(30-2)11-9-18)23(28)27(24(22)29)15-17-6-4-12-25-14-17/h3-14,26H,15H2,1-2H3. The number of rotatable bonds is 6. The smallest absolute Gasteiger partial charge is 0.278 e. The molecule has 0 radical (unpaired) electrons. The van der Waals surface area contributed by atoms with Gasteiger partial charge in [0.15, 0.2) is 0 Å². The van der Waals surface area contributed by atoms with Crippen molar-refractivity contribution in [3.63, 3.8) is 0 Å². The summed E-state index contributed by atoms with van der Waals surface area (Å²) in [5.74, 6) is -0.0307. The Labute approximate surface area is 174 Å². The summed E-state index contributed by atoms with van der Waals surface area (Å²) in [6.07, 6.45) is 3.31. The number of pyridine rings is 1. The molecule has 1 aliphatic rings. The van der Waals surface area contributed by atoms with Gasteiger partial charge in [0, 0.05) is 18.1 Å². The molecule has 30 heavy (non-hydrogen) atoms. The number of anilines is 1. The molecule has 0 saturated heterocycles. The second-order valence-electron chi connectivity index (χ2n) is 7.03.